The second-order valence-electron chi connectivity index (χ2n) is 3.91. The van der Waals surface area contributed by atoms with Crippen LogP contribution in [0.3, 0.4) is 0 Å². The number of hydrogen-bond acceptors (Lipinski definition) is 5. The Bertz CT molecular complexity index is 263. The van der Waals surface area contributed by atoms with Gasteiger partial charge in [-0.25, -0.2) is 0 Å². The molecule has 5 nitrogen and oxygen atoms in total. The minimum absolute atomic E-state index is 0.0523. The van der Waals surface area contributed by atoms with E-state index in [1.165, 1.54) is 0 Å². The molecule has 13 heteroatoms. The summed E-state index contributed by atoms with van der Waals surface area (Å²) in [6.07, 6.45) is -0.631. The Morgan fingerprint density at radius 1 is 0.850 bits per heavy atom. The topological polar surface area (TPSA) is 46.2 Å². The first-order valence-corrected chi connectivity index (χ1v) is 16.6. The summed E-state index contributed by atoms with van der Waals surface area (Å²) < 4.78 is 29.1. The molecular weight excluding hydrogens is 412 g/mol. The molecule has 0 N–H and O–H groups in total. The van der Waals surface area contributed by atoms with E-state index < -0.39 is 0 Å². The van der Waals surface area contributed by atoms with Crippen molar-refractivity contribution in [3.8, 4) is 0 Å². The summed E-state index contributed by atoms with van der Waals surface area (Å²) in [5.41, 5.74) is 0. The molecule has 120 valence electrons. The SMILES string of the molecule is CC1OC(COPP)C(OPP)C(OPP)C1OPP. The van der Waals surface area contributed by atoms with Crippen molar-refractivity contribution in [2.75, 3.05) is 6.61 Å². The monoisotopic (exact) mass is 434 g/mol. The van der Waals surface area contributed by atoms with E-state index in [4.69, 9.17) is 22.8 Å². The summed E-state index contributed by atoms with van der Waals surface area (Å²) in [5, 5.41) is 0. The first kappa shape index (κ1) is 21.3. The first-order valence-electron chi connectivity index (χ1n) is 5.76. The fourth-order valence-electron chi connectivity index (χ4n) is 2.04. The molecule has 0 bridgehead atoms. The smallest absolute Gasteiger partial charge is 0.120 e. The highest BCUT2D eigenvalue weighted by molar-refractivity contribution is 8.01. The summed E-state index contributed by atoms with van der Waals surface area (Å²) >= 11 is 0. The number of rotatable bonds is 9. The normalized spacial score (nSPS) is 36.8. The van der Waals surface area contributed by atoms with E-state index in [1.807, 2.05) is 6.92 Å². The third-order valence-electron chi connectivity index (χ3n) is 2.81. The molecule has 0 amide bonds. The van der Waals surface area contributed by atoms with Gasteiger partial charge in [0.25, 0.3) is 0 Å². The van der Waals surface area contributed by atoms with Crippen LogP contribution in [-0.4, -0.2) is 37.1 Å². The van der Waals surface area contributed by atoms with Gasteiger partial charge in [-0.1, -0.05) is 35.7 Å². The highest BCUT2D eigenvalue weighted by atomic mass is 32.0. The van der Waals surface area contributed by atoms with E-state index in [-0.39, 0.29) is 30.5 Å². The van der Waals surface area contributed by atoms with Crippen LogP contribution >= 0.6 is 69.7 Å². The number of ether oxygens (including phenoxy) is 1. The average Bonchev–Trinajstić information content (AvgIpc) is 2.44. The van der Waals surface area contributed by atoms with Gasteiger partial charge in [0, 0.05) is 34.0 Å². The second kappa shape index (κ2) is 12.6. The number of hydrogen-bond donors (Lipinski definition) is 0. The molecule has 0 aromatic rings. The summed E-state index contributed by atoms with van der Waals surface area (Å²) in [6, 6.07) is 0. The summed E-state index contributed by atoms with van der Waals surface area (Å²) in [5.74, 6) is 0. The van der Waals surface area contributed by atoms with Crippen LogP contribution in [0, 0.1) is 0 Å². The minimum atomic E-state index is -0.178. The van der Waals surface area contributed by atoms with Crippen LogP contribution in [0.15, 0.2) is 0 Å². The van der Waals surface area contributed by atoms with Crippen molar-refractivity contribution >= 4 is 69.7 Å². The van der Waals surface area contributed by atoms with Crippen LogP contribution in [-0.2, 0) is 22.8 Å². The maximum Gasteiger partial charge on any atom is 0.120 e. The zero-order valence-electron chi connectivity index (χ0n) is 10.9. The van der Waals surface area contributed by atoms with Crippen molar-refractivity contribution in [1.82, 2.24) is 0 Å². The largest absolute Gasteiger partial charge is 0.367 e. The van der Waals surface area contributed by atoms with Gasteiger partial charge in [0.05, 0.1) is 12.7 Å². The van der Waals surface area contributed by atoms with E-state index in [2.05, 4.69) is 35.7 Å². The van der Waals surface area contributed by atoms with Gasteiger partial charge in [0.1, 0.15) is 24.4 Å². The molecular formula is C7H22O5P8. The van der Waals surface area contributed by atoms with Gasteiger partial charge >= 0.3 is 0 Å². The molecule has 1 aliphatic rings. The lowest BCUT2D eigenvalue weighted by Gasteiger charge is -2.44. The van der Waals surface area contributed by atoms with Crippen molar-refractivity contribution in [2.24, 2.45) is 0 Å². The van der Waals surface area contributed by atoms with Crippen molar-refractivity contribution in [2.45, 2.75) is 37.4 Å². The van der Waals surface area contributed by atoms with Gasteiger partial charge in [0.2, 0.25) is 0 Å². The zero-order chi connectivity index (χ0) is 15.0. The molecule has 13 unspecified atom stereocenters. The molecule has 13 atom stereocenters. The van der Waals surface area contributed by atoms with Gasteiger partial charge in [-0.3, -0.25) is 0 Å². The second-order valence-corrected chi connectivity index (χ2v) is 8.68. The standard InChI is InChI=1S/C7H22O5P8/c1-3-5(10-18-14)7(12-20-16)6(11-19-15)4(9-3)2-8-17-13/h3-7,17-20H,2,13-16H2,1H3. The molecule has 1 fully saturated rings. The van der Waals surface area contributed by atoms with E-state index in [0.717, 1.165) is 0 Å². The molecule has 0 aromatic carbocycles. The lowest BCUT2D eigenvalue weighted by Crippen LogP contribution is -2.58. The third kappa shape index (κ3) is 6.63. The van der Waals surface area contributed by atoms with Crippen LogP contribution < -0.4 is 0 Å². The highest BCUT2D eigenvalue weighted by Crippen LogP contribution is 2.41. The molecule has 0 aromatic heterocycles. The molecule has 0 spiro atoms. The predicted molar refractivity (Wildman–Crippen MR) is 107 cm³/mol. The van der Waals surface area contributed by atoms with Crippen molar-refractivity contribution in [1.29, 1.82) is 0 Å². The van der Waals surface area contributed by atoms with Crippen LogP contribution in [0.1, 0.15) is 6.92 Å². The Balaban J connectivity index is 2.83. The van der Waals surface area contributed by atoms with Gasteiger partial charge in [0.15, 0.2) is 0 Å². The predicted octanol–water partition coefficient (Wildman–Crippen LogP) is 3.48. The molecule has 20 heavy (non-hydrogen) atoms. The third-order valence-corrected chi connectivity index (χ3v) is 6.09. The lowest BCUT2D eigenvalue weighted by molar-refractivity contribution is -0.194. The Hall–Kier alpha value is 3.24. The van der Waals surface area contributed by atoms with Crippen LogP contribution in [0.2, 0.25) is 0 Å². The summed E-state index contributed by atoms with van der Waals surface area (Å²) in [6.45, 7) is 2.51. The van der Waals surface area contributed by atoms with Gasteiger partial charge in [-0.15, -0.1) is 0 Å². The quantitative estimate of drug-likeness (QED) is 0.521. The zero-order valence-corrected chi connectivity index (χ0v) is 19.6. The first-order chi connectivity index (χ1) is 9.69. The Labute approximate surface area is 136 Å². The van der Waals surface area contributed by atoms with Crippen molar-refractivity contribution < 1.29 is 22.8 Å². The van der Waals surface area contributed by atoms with Crippen LogP contribution in [0.25, 0.3) is 0 Å². The maximum absolute atomic E-state index is 6.02. The fourth-order valence-corrected chi connectivity index (χ4v) is 5.35. The summed E-state index contributed by atoms with van der Waals surface area (Å²) in [4.78, 5) is 0. The molecule has 0 saturated carbocycles. The maximum atomic E-state index is 6.02. The fraction of sp³-hybridized carbons (Fsp3) is 1.00. The van der Waals surface area contributed by atoms with Gasteiger partial charge in [-0.2, -0.15) is 0 Å². The van der Waals surface area contributed by atoms with Crippen LogP contribution in [0.4, 0.5) is 0 Å². The molecule has 1 saturated heterocycles. The van der Waals surface area contributed by atoms with E-state index in [0.29, 0.717) is 40.6 Å². The van der Waals surface area contributed by atoms with Gasteiger partial charge < -0.3 is 22.8 Å². The minimum Gasteiger partial charge on any atom is -0.367 e. The molecule has 0 radical (unpaired) electrons. The lowest BCUT2D eigenvalue weighted by atomic mass is 9.96. The molecule has 1 rings (SSSR count). The Kier molecular flexibility index (Phi) is 13.4. The Morgan fingerprint density at radius 2 is 1.40 bits per heavy atom. The van der Waals surface area contributed by atoms with Crippen molar-refractivity contribution in [3.63, 3.8) is 0 Å². The van der Waals surface area contributed by atoms with E-state index >= 15 is 0 Å². The molecule has 1 heterocycles. The average molecular weight is 434 g/mol. The molecule has 1 aliphatic heterocycles. The highest BCUT2D eigenvalue weighted by Gasteiger charge is 2.46. The molecule has 0 aliphatic carbocycles. The van der Waals surface area contributed by atoms with E-state index in [1.54, 1.807) is 0 Å². The van der Waals surface area contributed by atoms with E-state index in [9.17, 15) is 0 Å². The van der Waals surface area contributed by atoms with Crippen LogP contribution in [0.5, 0.6) is 0 Å². The van der Waals surface area contributed by atoms with Crippen molar-refractivity contribution in [3.05, 3.63) is 0 Å². The Morgan fingerprint density at radius 3 is 1.95 bits per heavy atom. The summed E-state index contributed by atoms with van der Waals surface area (Å²) in [7, 11) is 11.6. The van der Waals surface area contributed by atoms with Gasteiger partial charge in [-0.05, 0) is 6.92 Å².